The molecule has 1 unspecified atom stereocenters. The van der Waals surface area contributed by atoms with Crippen LogP contribution < -0.4 is 0 Å². The average molecular weight is 347 g/mol. The van der Waals surface area contributed by atoms with Gasteiger partial charge < -0.3 is 39.2 Å². The molecule has 3 aliphatic heterocycles. The highest BCUT2D eigenvalue weighted by Crippen LogP contribution is 2.39. The molecule has 6 atom stereocenters. The third-order valence-corrected chi connectivity index (χ3v) is 4.74. The van der Waals surface area contributed by atoms with Crippen molar-refractivity contribution in [3.05, 3.63) is 0 Å². The molecule has 8 heteroatoms. The minimum Gasteiger partial charge on any atom is -0.394 e. The first-order valence-corrected chi connectivity index (χ1v) is 8.71. The molecule has 8 nitrogen and oxygen atoms in total. The van der Waals surface area contributed by atoms with E-state index in [0.717, 1.165) is 13.1 Å². The van der Waals surface area contributed by atoms with E-state index >= 15 is 0 Å². The zero-order valence-electron chi connectivity index (χ0n) is 14.3. The summed E-state index contributed by atoms with van der Waals surface area (Å²) in [7, 11) is 0. The number of aliphatic hydroxyl groups excluding tert-OH is 3. The monoisotopic (exact) mass is 347 g/mol. The molecule has 0 radical (unpaired) electrons. The van der Waals surface area contributed by atoms with E-state index in [9.17, 15) is 15.3 Å². The molecular formula is C16H29NO7. The standard InChI is InChI=1S/C16H29NO7/c1-16(2)23-14-13(12(11(20)8-18)22-15(14)24-16)21-9-10(19)7-17-5-3-4-6-17/h10-15,18-20H,3-9H2,1-2H3/t10?,11-,12-,13+,14-,15-/m1/s1. The molecule has 3 aliphatic rings. The minimum absolute atomic E-state index is 0.117. The van der Waals surface area contributed by atoms with Gasteiger partial charge in [0.1, 0.15) is 24.4 Å². The number of ether oxygens (including phenoxy) is 4. The fraction of sp³-hybridized carbons (Fsp3) is 1.00. The van der Waals surface area contributed by atoms with E-state index in [1.165, 1.54) is 12.8 Å². The molecule has 0 aromatic heterocycles. The lowest BCUT2D eigenvalue weighted by Gasteiger charge is -2.29. The molecule has 24 heavy (non-hydrogen) atoms. The van der Waals surface area contributed by atoms with Crippen LogP contribution in [0.5, 0.6) is 0 Å². The number of hydrogen-bond acceptors (Lipinski definition) is 8. The molecule has 0 amide bonds. The molecule has 3 heterocycles. The molecule has 0 aromatic carbocycles. The van der Waals surface area contributed by atoms with Gasteiger partial charge in [0.05, 0.1) is 19.3 Å². The lowest BCUT2D eigenvalue weighted by molar-refractivity contribution is -0.232. The first kappa shape index (κ1) is 18.5. The molecule has 3 rings (SSSR count). The van der Waals surface area contributed by atoms with Crippen molar-refractivity contribution in [2.45, 2.75) is 69.3 Å². The van der Waals surface area contributed by atoms with Gasteiger partial charge in [-0.05, 0) is 39.8 Å². The van der Waals surface area contributed by atoms with Crippen LogP contribution in [0, 0.1) is 0 Å². The summed E-state index contributed by atoms with van der Waals surface area (Å²) < 4.78 is 23.0. The smallest absolute Gasteiger partial charge is 0.190 e. The fourth-order valence-electron chi connectivity index (χ4n) is 3.65. The number of nitrogens with zero attached hydrogens (tertiary/aromatic N) is 1. The highest BCUT2D eigenvalue weighted by Gasteiger charge is 2.57. The van der Waals surface area contributed by atoms with Crippen LogP contribution in [-0.2, 0) is 18.9 Å². The van der Waals surface area contributed by atoms with Crippen molar-refractivity contribution in [2.24, 2.45) is 0 Å². The Morgan fingerprint density at radius 2 is 1.92 bits per heavy atom. The Morgan fingerprint density at radius 1 is 1.21 bits per heavy atom. The molecule has 0 spiro atoms. The van der Waals surface area contributed by atoms with E-state index in [4.69, 9.17) is 18.9 Å². The van der Waals surface area contributed by atoms with E-state index in [1.54, 1.807) is 13.8 Å². The lowest BCUT2D eigenvalue weighted by Crippen LogP contribution is -2.45. The van der Waals surface area contributed by atoms with E-state index in [0.29, 0.717) is 6.54 Å². The van der Waals surface area contributed by atoms with Crippen LogP contribution in [0.4, 0.5) is 0 Å². The van der Waals surface area contributed by atoms with Crippen LogP contribution in [-0.4, -0.2) is 95.7 Å². The van der Waals surface area contributed by atoms with Gasteiger partial charge in [0.25, 0.3) is 0 Å². The van der Waals surface area contributed by atoms with E-state index < -0.39 is 49.2 Å². The summed E-state index contributed by atoms with van der Waals surface area (Å²) >= 11 is 0. The van der Waals surface area contributed by atoms with Gasteiger partial charge in [0.15, 0.2) is 12.1 Å². The summed E-state index contributed by atoms with van der Waals surface area (Å²) in [5.41, 5.74) is 0. The molecule has 0 bridgehead atoms. The number of β-amino-alcohol motifs (C(OH)–C–C–N with tert-alkyl or cyclic N) is 1. The molecular weight excluding hydrogens is 318 g/mol. The summed E-state index contributed by atoms with van der Waals surface area (Å²) in [4.78, 5) is 2.21. The van der Waals surface area contributed by atoms with Crippen LogP contribution in [0.25, 0.3) is 0 Å². The van der Waals surface area contributed by atoms with E-state index in [1.807, 2.05) is 0 Å². The minimum atomic E-state index is -1.09. The maximum Gasteiger partial charge on any atom is 0.190 e. The second-order valence-electron chi connectivity index (χ2n) is 7.28. The predicted octanol–water partition coefficient (Wildman–Crippen LogP) is -0.942. The molecule has 140 valence electrons. The first-order valence-electron chi connectivity index (χ1n) is 8.71. The van der Waals surface area contributed by atoms with Crippen LogP contribution in [0.1, 0.15) is 26.7 Å². The SMILES string of the molecule is CC1(C)O[C@H]2O[C@H]([C@H](O)CO)[C@H](OCC(O)CN3CCCC3)[C@H]2O1. The summed E-state index contributed by atoms with van der Waals surface area (Å²) in [5.74, 6) is -0.791. The van der Waals surface area contributed by atoms with Crippen LogP contribution in [0.15, 0.2) is 0 Å². The van der Waals surface area contributed by atoms with Gasteiger partial charge in [-0.15, -0.1) is 0 Å². The highest BCUT2D eigenvalue weighted by atomic mass is 16.8. The zero-order valence-corrected chi connectivity index (χ0v) is 14.3. The normalized spacial score (nSPS) is 38.4. The third kappa shape index (κ3) is 4.08. The Kier molecular flexibility index (Phi) is 5.78. The summed E-state index contributed by atoms with van der Waals surface area (Å²) in [6, 6.07) is 0. The van der Waals surface area contributed by atoms with Gasteiger partial charge in [-0.2, -0.15) is 0 Å². The Morgan fingerprint density at radius 3 is 2.58 bits per heavy atom. The quantitative estimate of drug-likeness (QED) is 0.542. The van der Waals surface area contributed by atoms with Gasteiger partial charge in [0, 0.05) is 6.54 Å². The maximum absolute atomic E-state index is 10.2. The van der Waals surface area contributed by atoms with Gasteiger partial charge in [-0.1, -0.05) is 0 Å². The molecule has 0 aromatic rings. The van der Waals surface area contributed by atoms with Crippen molar-refractivity contribution in [3.8, 4) is 0 Å². The second kappa shape index (κ2) is 7.51. The second-order valence-corrected chi connectivity index (χ2v) is 7.28. The van der Waals surface area contributed by atoms with Crippen molar-refractivity contribution < 1.29 is 34.3 Å². The van der Waals surface area contributed by atoms with Gasteiger partial charge in [0.2, 0.25) is 0 Å². The van der Waals surface area contributed by atoms with Crippen molar-refractivity contribution in [3.63, 3.8) is 0 Å². The third-order valence-electron chi connectivity index (χ3n) is 4.74. The van der Waals surface area contributed by atoms with Crippen LogP contribution in [0.3, 0.4) is 0 Å². The average Bonchev–Trinajstić information content (AvgIpc) is 3.19. The topological polar surface area (TPSA) is 101 Å². The highest BCUT2D eigenvalue weighted by molar-refractivity contribution is 4.97. The van der Waals surface area contributed by atoms with E-state index in [2.05, 4.69) is 4.90 Å². The predicted molar refractivity (Wildman–Crippen MR) is 83.2 cm³/mol. The first-order chi connectivity index (χ1) is 11.4. The zero-order chi connectivity index (χ0) is 17.3. The van der Waals surface area contributed by atoms with Crippen LogP contribution >= 0.6 is 0 Å². The number of fused-ring (bicyclic) bond motifs is 1. The van der Waals surface area contributed by atoms with Crippen LogP contribution in [0.2, 0.25) is 0 Å². The maximum atomic E-state index is 10.2. The largest absolute Gasteiger partial charge is 0.394 e. The number of likely N-dealkylation sites (tertiary alicyclic amines) is 1. The van der Waals surface area contributed by atoms with Gasteiger partial charge in [-0.25, -0.2) is 0 Å². The molecule has 3 N–H and O–H groups in total. The van der Waals surface area contributed by atoms with Gasteiger partial charge >= 0.3 is 0 Å². The van der Waals surface area contributed by atoms with E-state index in [-0.39, 0.29) is 6.61 Å². The Labute approximate surface area is 142 Å². The van der Waals surface area contributed by atoms with Crippen molar-refractivity contribution in [2.75, 3.05) is 32.8 Å². The number of hydrogen-bond donors (Lipinski definition) is 3. The molecule has 0 saturated carbocycles. The van der Waals surface area contributed by atoms with Crippen molar-refractivity contribution in [1.82, 2.24) is 4.90 Å². The summed E-state index contributed by atoms with van der Waals surface area (Å²) in [6.45, 7) is 5.82. The van der Waals surface area contributed by atoms with Crippen molar-refractivity contribution >= 4 is 0 Å². The Bertz CT molecular complexity index is 415. The van der Waals surface area contributed by atoms with Crippen molar-refractivity contribution in [1.29, 1.82) is 0 Å². The number of aliphatic hydroxyl groups is 3. The summed E-state index contributed by atoms with van der Waals surface area (Å²) in [5, 5.41) is 29.4. The number of rotatable bonds is 7. The molecule has 3 fully saturated rings. The fourth-order valence-corrected chi connectivity index (χ4v) is 3.65. The molecule has 0 aliphatic carbocycles. The molecule has 3 saturated heterocycles. The Hall–Kier alpha value is -0.320. The Balaban J connectivity index is 1.57. The summed E-state index contributed by atoms with van der Waals surface area (Å²) in [6.07, 6.45) is -1.88. The van der Waals surface area contributed by atoms with Gasteiger partial charge in [-0.3, -0.25) is 0 Å². The lowest BCUT2D eigenvalue weighted by atomic mass is 10.1.